The normalized spacial score (nSPS) is 19.2. The molecule has 1 atom stereocenters. The highest BCUT2D eigenvalue weighted by Gasteiger charge is 2.26. The lowest BCUT2D eigenvalue weighted by Crippen LogP contribution is -2.37. The lowest BCUT2D eigenvalue weighted by molar-refractivity contribution is 0.266. The molecule has 1 aliphatic heterocycles. The van der Waals surface area contributed by atoms with Crippen molar-refractivity contribution in [2.75, 3.05) is 44.7 Å². The Hall–Kier alpha value is -1.26. The zero-order chi connectivity index (χ0) is 13.7. The van der Waals surface area contributed by atoms with E-state index in [2.05, 4.69) is 35.0 Å². The first-order valence-electron chi connectivity index (χ1n) is 7.13. The molecular weight excluding hydrogens is 238 g/mol. The highest BCUT2D eigenvalue weighted by Crippen LogP contribution is 2.31. The molecule has 0 spiro atoms. The highest BCUT2D eigenvalue weighted by molar-refractivity contribution is 5.59. The molecule has 0 aliphatic carbocycles. The van der Waals surface area contributed by atoms with E-state index in [1.165, 1.54) is 12.1 Å². The molecule has 1 aromatic carbocycles. The first-order valence-corrected chi connectivity index (χ1v) is 7.13. The maximum atomic E-state index is 5.72. The fourth-order valence-electron chi connectivity index (χ4n) is 2.70. The van der Waals surface area contributed by atoms with Crippen LogP contribution in [0.4, 0.5) is 5.69 Å². The maximum Gasteiger partial charge on any atom is 0.142 e. The van der Waals surface area contributed by atoms with Gasteiger partial charge in [-0.2, -0.15) is 0 Å². The van der Waals surface area contributed by atoms with E-state index in [-0.39, 0.29) is 0 Å². The highest BCUT2D eigenvalue weighted by atomic mass is 16.5. The molecule has 4 nitrogen and oxygen atoms in total. The number of para-hydroxylation sites is 2. The van der Waals surface area contributed by atoms with Crippen molar-refractivity contribution in [1.29, 1.82) is 0 Å². The lowest BCUT2D eigenvalue weighted by Gasteiger charge is -2.25. The zero-order valence-corrected chi connectivity index (χ0v) is 12.0. The lowest BCUT2D eigenvalue weighted by atomic mass is 10.2. The SMILES string of the molecule is CCOc1ccccc1N1CCC(N(C)CCN)C1. The first-order chi connectivity index (χ1) is 9.26. The van der Waals surface area contributed by atoms with Gasteiger partial charge in [0.1, 0.15) is 5.75 Å². The molecule has 0 saturated carbocycles. The van der Waals surface area contributed by atoms with Crippen LogP contribution in [0.2, 0.25) is 0 Å². The van der Waals surface area contributed by atoms with Crippen molar-refractivity contribution >= 4 is 5.69 Å². The van der Waals surface area contributed by atoms with E-state index < -0.39 is 0 Å². The summed E-state index contributed by atoms with van der Waals surface area (Å²) in [6.45, 7) is 6.57. The number of likely N-dealkylation sites (N-methyl/N-ethyl adjacent to an activating group) is 1. The van der Waals surface area contributed by atoms with Gasteiger partial charge in [-0.3, -0.25) is 0 Å². The topological polar surface area (TPSA) is 41.7 Å². The van der Waals surface area contributed by atoms with E-state index in [1.807, 2.05) is 13.0 Å². The maximum absolute atomic E-state index is 5.72. The largest absolute Gasteiger partial charge is 0.492 e. The Balaban J connectivity index is 2.04. The fraction of sp³-hybridized carbons (Fsp3) is 0.600. The van der Waals surface area contributed by atoms with Crippen LogP contribution in [0.5, 0.6) is 5.75 Å². The van der Waals surface area contributed by atoms with Crippen molar-refractivity contribution in [3.05, 3.63) is 24.3 Å². The molecule has 1 saturated heterocycles. The Kier molecular flexibility index (Phi) is 5.05. The summed E-state index contributed by atoms with van der Waals surface area (Å²) in [6, 6.07) is 8.90. The van der Waals surface area contributed by atoms with Crippen LogP contribution in [0.15, 0.2) is 24.3 Å². The van der Waals surface area contributed by atoms with Crippen LogP contribution in [0.3, 0.4) is 0 Å². The van der Waals surface area contributed by atoms with Gasteiger partial charge in [-0.25, -0.2) is 0 Å². The number of benzene rings is 1. The average molecular weight is 263 g/mol. The van der Waals surface area contributed by atoms with E-state index in [4.69, 9.17) is 10.5 Å². The van der Waals surface area contributed by atoms with E-state index in [0.717, 1.165) is 31.9 Å². The molecule has 2 rings (SSSR count). The Morgan fingerprint density at radius 1 is 1.42 bits per heavy atom. The summed E-state index contributed by atoms with van der Waals surface area (Å²) in [5, 5.41) is 0. The van der Waals surface area contributed by atoms with E-state index in [9.17, 15) is 0 Å². The minimum atomic E-state index is 0.596. The second kappa shape index (κ2) is 6.78. The molecule has 0 amide bonds. The van der Waals surface area contributed by atoms with Crippen LogP contribution in [0.1, 0.15) is 13.3 Å². The van der Waals surface area contributed by atoms with Crippen LogP contribution < -0.4 is 15.4 Å². The van der Waals surface area contributed by atoms with Gasteiger partial charge in [-0.05, 0) is 32.5 Å². The van der Waals surface area contributed by atoms with Crippen LogP contribution in [0.25, 0.3) is 0 Å². The summed E-state index contributed by atoms with van der Waals surface area (Å²) in [6.07, 6.45) is 1.19. The summed E-state index contributed by atoms with van der Waals surface area (Å²) < 4.78 is 5.72. The smallest absolute Gasteiger partial charge is 0.142 e. The zero-order valence-electron chi connectivity index (χ0n) is 12.0. The van der Waals surface area contributed by atoms with Gasteiger partial charge in [0.25, 0.3) is 0 Å². The third-order valence-corrected chi connectivity index (χ3v) is 3.77. The molecule has 1 aromatic rings. The predicted octanol–water partition coefficient (Wildman–Crippen LogP) is 1.55. The summed E-state index contributed by atoms with van der Waals surface area (Å²) in [5.74, 6) is 0.993. The van der Waals surface area contributed by atoms with E-state index >= 15 is 0 Å². The molecule has 1 aliphatic rings. The third kappa shape index (κ3) is 3.39. The van der Waals surface area contributed by atoms with Crippen LogP contribution in [-0.4, -0.2) is 50.8 Å². The monoisotopic (exact) mass is 263 g/mol. The minimum absolute atomic E-state index is 0.596. The van der Waals surface area contributed by atoms with Crippen LogP contribution in [-0.2, 0) is 0 Å². The van der Waals surface area contributed by atoms with Gasteiger partial charge in [-0.1, -0.05) is 12.1 Å². The number of nitrogens with two attached hydrogens (primary N) is 1. The van der Waals surface area contributed by atoms with Crippen molar-refractivity contribution in [2.24, 2.45) is 5.73 Å². The van der Waals surface area contributed by atoms with E-state index in [0.29, 0.717) is 12.6 Å². The third-order valence-electron chi connectivity index (χ3n) is 3.77. The number of hydrogen-bond donors (Lipinski definition) is 1. The Bertz CT molecular complexity index is 397. The quantitative estimate of drug-likeness (QED) is 0.845. The Morgan fingerprint density at radius 2 is 2.21 bits per heavy atom. The summed E-state index contributed by atoms with van der Waals surface area (Å²) in [7, 11) is 2.16. The molecule has 2 N–H and O–H groups in total. The molecule has 19 heavy (non-hydrogen) atoms. The Morgan fingerprint density at radius 3 is 2.95 bits per heavy atom. The summed E-state index contributed by atoms with van der Waals surface area (Å²) in [5.41, 5.74) is 6.85. The van der Waals surface area contributed by atoms with Crippen molar-refractivity contribution < 1.29 is 4.74 Å². The summed E-state index contributed by atoms with van der Waals surface area (Å²) in [4.78, 5) is 4.78. The van der Waals surface area contributed by atoms with Gasteiger partial charge >= 0.3 is 0 Å². The van der Waals surface area contributed by atoms with Crippen molar-refractivity contribution in [3.8, 4) is 5.75 Å². The van der Waals surface area contributed by atoms with Gasteiger partial charge in [0.2, 0.25) is 0 Å². The fourth-order valence-corrected chi connectivity index (χ4v) is 2.70. The van der Waals surface area contributed by atoms with Gasteiger partial charge in [0, 0.05) is 32.2 Å². The first kappa shape index (κ1) is 14.2. The summed E-state index contributed by atoms with van der Waals surface area (Å²) >= 11 is 0. The van der Waals surface area contributed by atoms with Gasteiger partial charge < -0.3 is 20.3 Å². The minimum Gasteiger partial charge on any atom is -0.492 e. The molecule has 0 aromatic heterocycles. The molecule has 1 fully saturated rings. The molecule has 0 bridgehead atoms. The van der Waals surface area contributed by atoms with Crippen molar-refractivity contribution in [3.63, 3.8) is 0 Å². The molecule has 4 heteroatoms. The second-order valence-electron chi connectivity index (χ2n) is 5.06. The average Bonchev–Trinajstić information content (AvgIpc) is 2.90. The van der Waals surface area contributed by atoms with Crippen LogP contribution in [0, 0.1) is 0 Å². The number of nitrogens with zero attached hydrogens (tertiary/aromatic N) is 2. The van der Waals surface area contributed by atoms with Gasteiger partial charge in [0.05, 0.1) is 12.3 Å². The molecular formula is C15H25N3O. The Labute approximate surface area is 116 Å². The molecule has 1 heterocycles. The molecule has 106 valence electrons. The number of anilines is 1. The van der Waals surface area contributed by atoms with Crippen molar-refractivity contribution in [1.82, 2.24) is 4.90 Å². The van der Waals surface area contributed by atoms with Crippen LogP contribution >= 0.6 is 0 Å². The predicted molar refractivity (Wildman–Crippen MR) is 79.9 cm³/mol. The number of rotatable bonds is 6. The standard InChI is InChI=1S/C15H25N3O/c1-3-19-15-7-5-4-6-14(15)18-10-8-13(12-18)17(2)11-9-16/h4-7,13H,3,8-12,16H2,1-2H3. The molecule has 0 radical (unpaired) electrons. The number of hydrogen-bond acceptors (Lipinski definition) is 4. The van der Waals surface area contributed by atoms with E-state index in [1.54, 1.807) is 0 Å². The molecule has 1 unspecified atom stereocenters. The van der Waals surface area contributed by atoms with Gasteiger partial charge in [-0.15, -0.1) is 0 Å². The number of ether oxygens (including phenoxy) is 1. The van der Waals surface area contributed by atoms with Crippen molar-refractivity contribution in [2.45, 2.75) is 19.4 Å². The second-order valence-corrected chi connectivity index (χ2v) is 5.06. The van der Waals surface area contributed by atoms with Gasteiger partial charge in [0.15, 0.2) is 0 Å².